The normalized spacial score (nSPS) is 23.4. The third-order valence-corrected chi connectivity index (χ3v) is 3.98. The number of amides is 2. The Balaban J connectivity index is 2.07. The molecule has 5 nitrogen and oxygen atoms in total. The van der Waals surface area contributed by atoms with Crippen LogP contribution in [0.5, 0.6) is 0 Å². The van der Waals surface area contributed by atoms with Crippen LogP contribution in [-0.4, -0.2) is 36.9 Å². The summed E-state index contributed by atoms with van der Waals surface area (Å²) in [5, 5.41) is 2.66. The highest BCUT2D eigenvalue weighted by Crippen LogP contribution is 2.31. The van der Waals surface area contributed by atoms with Crippen LogP contribution >= 0.6 is 0 Å². The highest BCUT2D eigenvalue weighted by atomic mass is 16.2. The fraction of sp³-hybridized carbons (Fsp3) is 0.467. The minimum absolute atomic E-state index is 0.0268. The Hall–Kier alpha value is -1.88. The average Bonchev–Trinajstić information content (AvgIpc) is 2.89. The van der Waals surface area contributed by atoms with Crippen LogP contribution in [0.25, 0.3) is 0 Å². The van der Waals surface area contributed by atoms with Crippen molar-refractivity contribution >= 4 is 11.8 Å². The van der Waals surface area contributed by atoms with Gasteiger partial charge >= 0.3 is 0 Å². The predicted octanol–water partition coefficient (Wildman–Crippen LogP) is 0.671. The van der Waals surface area contributed by atoms with Crippen molar-refractivity contribution in [3.8, 4) is 0 Å². The number of nitrogens with zero attached hydrogens (tertiary/aromatic N) is 1. The van der Waals surface area contributed by atoms with Crippen LogP contribution in [0.1, 0.15) is 24.9 Å². The molecule has 1 aliphatic rings. The van der Waals surface area contributed by atoms with E-state index < -0.39 is 11.5 Å². The molecule has 0 aliphatic carbocycles. The van der Waals surface area contributed by atoms with Gasteiger partial charge < -0.3 is 16.0 Å². The van der Waals surface area contributed by atoms with Gasteiger partial charge in [0.05, 0.1) is 5.41 Å². The lowest BCUT2D eigenvalue weighted by Gasteiger charge is -2.24. The maximum atomic E-state index is 12.4. The zero-order valence-electron chi connectivity index (χ0n) is 11.9. The lowest BCUT2D eigenvalue weighted by molar-refractivity contribution is -0.133. The van der Waals surface area contributed by atoms with Crippen molar-refractivity contribution in [3.63, 3.8) is 0 Å². The molecule has 1 aliphatic heterocycles. The molecule has 0 aromatic heterocycles. The van der Waals surface area contributed by atoms with Gasteiger partial charge in [0.1, 0.15) is 6.04 Å². The van der Waals surface area contributed by atoms with Gasteiger partial charge in [-0.1, -0.05) is 30.3 Å². The summed E-state index contributed by atoms with van der Waals surface area (Å²) >= 11 is 0. The van der Waals surface area contributed by atoms with Crippen molar-refractivity contribution in [1.29, 1.82) is 0 Å². The van der Waals surface area contributed by atoms with Crippen LogP contribution in [0, 0.1) is 5.41 Å². The van der Waals surface area contributed by atoms with Crippen molar-refractivity contribution in [2.24, 2.45) is 11.1 Å². The minimum Gasteiger partial charge on any atom is -0.359 e. The van der Waals surface area contributed by atoms with E-state index in [1.54, 1.807) is 11.9 Å². The fourth-order valence-electron chi connectivity index (χ4n) is 2.64. The van der Waals surface area contributed by atoms with Gasteiger partial charge in [0.15, 0.2) is 0 Å². The first-order valence-electron chi connectivity index (χ1n) is 6.79. The van der Waals surface area contributed by atoms with E-state index in [-0.39, 0.29) is 11.8 Å². The van der Waals surface area contributed by atoms with E-state index in [0.717, 1.165) is 5.56 Å². The number of rotatable bonds is 3. The highest BCUT2D eigenvalue weighted by Gasteiger charge is 2.42. The Bertz CT molecular complexity index is 503. The molecule has 1 aromatic carbocycles. The zero-order valence-corrected chi connectivity index (χ0v) is 11.9. The number of nitrogens with two attached hydrogens (primary N) is 1. The number of likely N-dealkylation sites (tertiary alicyclic amines) is 1. The predicted molar refractivity (Wildman–Crippen MR) is 76.7 cm³/mol. The SMILES string of the molecule is CNC(=O)C1(C)CCN(C(=O)C(N)c2ccccc2)C1. The van der Waals surface area contributed by atoms with Gasteiger partial charge in [-0.05, 0) is 18.9 Å². The average molecular weight is 275 g/mol. The van der Waals surface area contributed by atoms with E-state index in [1.807, 2.05) is 37.3 Å². The summed E-state index contributed by atoms with van der Waals surface area (Å²) in [5.74, 6) is -0.148. The van der Waals surface area contributed by atoms with Crippen molar-refractivity contribution in [1.82, 2.24) is 10.2 Å². The van der Waals surface area contributed by atoms with Gasteiger partial charge in [0, 0.05) is 20.1 Å². The van der Waals surface area contributed by atoms with E-state index in [2.05, 4.69) is 5.32 Å². The van der Waals surface area contributed by atoms with Gasteiger partial charge in [-0.2, -0.15) is 0 Å². The van der Waals surface area contributed by atoms with E-state index in [4.69, 9.17) is 5.73 Å². The van der Waals surface area contributed by atoms with Crippen LogP contribution in [0.3, 0.4) is 0 Å². The molecule has 0 saturated carbocycles. The first-order chi connectivity index (χ1) is 9.48. The molecular formula is C15H21N3O2. The second-order valence-electron chi connectivity index (χ2n) is 5.54. The Morgan fingerprint density at radius 1 is 1.35 bits per heavy atom. The van der Waals surface area contributed by atoms with Crippen LogP contribution in [0.2, 0.25) is 0 Å². The van der Waals surface area contributed by atoms with Crippen molar-refractivity contribution in [2.75, 3.05) is 20.1 Å². The molecule has 108 valence electrons. The second kappa shape index (κ2) is 5.63. The molecule has 20 heavy (non-hydrogen) atoms. The maximum absolute atomic E-state index is 12.4. The Morgan fingerprint density at radius 2 is 2.00 bits per heavy atom. The van der Waals surface area contributed by atoms with E-state index in [1.165, 1.54) is 0 Å². The summed E-state index contributed by atoms with van der Waals surface area (Å²) in [5.41, 5.74) is 6.31. The molecule has 3 N–H and O–H groups in total. The van der Waals surface area contributed by atoms with Gasteiger partial charge in [-0.3, -0.25) is 9.59 Å². The summed E-state index contributed by atoms with van der Waals surface area (Å²) < 4.78 is 0. The molecule has 1 heterocycles. The Labute approximate surface area is 119 Å². The summed E-state index contributed by atoms with van der Waals surface area (Å²) in [6.45, 7) is 2.88. The van der Waals surface area contributed by atoms with Gasteiger partial charge in [-0.25, -0.2) is 0 Å². The number of hydrogen-bond acceptors (Lipinski definition) is 3. The van der Waals surface area contributed by atoms with Gasteiger partial charge in [0.2, 0.25) is 11.8 Å². The molecule has 2 amide bonds. The van der Waals surface area contributed by atoms with E-state index in [0.29, 0.717) is 19.5 Å². The number of hydrogen-bond donors (Lipinski definition) is 2. The zero-order chi connectivity index (χ0) is 14.8. The third kappa shape index (κ3) is 2.67. The van der Waals surface area contributed by atoms with Gasteiger partial charge in [-0.15, -0.1) is 0 Å². The lowest BCUT2D eigenvalue weighted by atomic mass is 9.89. The number of benzene rings is 1. The fourth-order valence-corrected chi connectivity index (χ4v) is 2.64. The smallest absolute Gasteiger partial charge is 0.244 e. The van der Waals surface area contributed by atoms with Gasteiger partial charge in [0.25, 0.3) is 0 Å². The summed E-state index contributed by atoms with van der Waals surface area (Å²) in [6.07, 6.45) is 0.667. The summed E-state index contributed by atoms with van der Waals surface area (Å²) in [6, 6.07) is 8.64. The quantitative estimate of drug-likeness (QED) is 0.851. The largest absolute Gasteiger partial charge is 0.359 e. The lowest BCUT2D eigenvalue weighted by Crippen LogP contribution is -2.42. The van der Waals surface area contributed by atoms with Crippen molar-refractivity contribution in [2.45, 2.75) is 19.4 Å². The first-order valence-corrected chi connectivity index (χ1v) is 6.79. The maximum Gasteiger partial charge on any atom is 0.244 e. The topological polar surface area (TPSA) is 75.4 Å². The molecular weight excluding hydrogens is 254 g/mol. The number of carbonyl (C=O) groups excluding carboxylic acids is 2. The molecule has 2 rings (SSSR count). The Kier molecular flexibility index (Phi) is 4.09. The highest BCUT2D eigenvalue weighted by molar-refractivity contribution is 5.87. The number of carbonyl (C=O) groups is 2. The second-order valence-corrected chi connectivity index (χ2v) is 5.54. The molecule has 0 bridgehead atoms. The van der Waals surface area contributed by atoms with E-state index in [9.17, 15) is 9.59 Å². The van der Waals surface area contributed by atoms with Crippen molar-refractivity contribution in [3.05, 3.63) is 35.9 Å². The first kappa shape index (κ1) is 14.5. The molecule has 2 unspecified atom stereocenters. The molecule has 2 atom stereocenters. The molecule has 1 aromatic rings. The standard InChI is InChI=1S/C15H21N3O2/c1-15(14(20)17-2)8-9-18(10-15)13(19)12(16)11-6-4-3-5-7-11/h3-7,12H,8-10,16H2,1-2H3,(H,17,20). The molecule has 0 spiro atoms. The molecule has 1 fully saturated rings. The third-order valence-electron chi connectivity index (χ3n) is 3.98. The molecule has 0 radical (unpaired) electrons. The van der Waals surface area contributed by atoms with Crippen molar-refractivity contribution < 1.29 is 9.59 Å². The van der Waals surface area contributed by atoms with E-state index >= 15 is 0 Å². The van der Waals surface area contributed by atoms with Crippen LogP contribution in [0.4, 0.5) is 0 Å². The van der Waals surface area contributed by atoms with Crippen LogP contribution in [-0.2, 0) is 9.59 Å². The summed E-state index contributed by atoms with van der Waals surface area (Å²) in [7, 11) is 1.62. The van der Waals surface area contributed by atoms with Crippen LogP contribution in [0.15, 0.2) is 30.3 Å². The monoisotopic (exact) mass is 275 g/mol. The molecule has 5 heteroatoms. The Morgan fingerprint density at radius 3 is 2.60 bits per heavy atom. The minimum atomic E-state index is -0.664. The number of nitrogens with one attached hydrogen (secondary N) is 1. The summed E-state index contributed by atoms with van der Waals surface area (Å²) in [4.78, 5) is 26.0. The molecule has 1 saturated heterocycles. The van der Waals surface area contributed by atoms with Crippen LogP contribution < -0.4 is 11.1 Å².